The molecular weight excluding hydrogens is 344 g/mol. The highest BCUT2D eigenvalue weighted by atomic mass is 16.5. The third-order valence-corrected chi connectivity index (χ3v) is 3.94. The Morgan fingerprint density at radius 1 is 0.963 bits per heavy atom. The van der Waals surface area contributed by atoms with Crippen LogP contribution in [0.3, 0.4) is 0 Å². The number of anilines is 1. The fourth-order valence-corrected chi connectivity index (χ4v) is 2.37. The van der Waals surface area contributed by atoms with Crippen molar-refractivity contribution in [3.05, 3.63) is 65.7 Å². The van der Waals surface area contributed by atoms with Gasteiger partial charge in [-0.3, -0.25) is 14.4 Å². The van der Waals surface area contributed by atoms with Gasteiger partial charge in [0.2, 0.25) is 5.91 Å². The van der Waals surface area contributed by atoms with Crippen molar-refractivity contribution in [2.75, 3.05) is 11.9 Å². The van der Waals surface area contributed by atoms with Crippen molar-refractivity contribution in [2.24, 2.45) is 0 Å². The molecule has 2 N–H and O–H groups in total. The van der Waals surface area contributed by atoms with Gasteiger partial charge in [0.15, 0.2) is 6.10 Å². The van der Waals surface area contributed by atoms with Crippen molar-refractivity contribution in [1.29, 1.82) is 0 Å². The van der Waals surface area contributed by atoms with Gasteiger partial charge >= 0.3 is 5.97 Å². The Morgan fingerprint density at radius 3 is 2.26 bits per heavy atom. The van der Waals surface area contributed by atoms with Gasteiger partial charge in [-0.05, 0) is 36.6 Å². The summed E-state index contributed by atoms with van der Waals surface area (Å²) in [6, 6.07) is 16.7. The van der Waals surface area contributed by atoms with Gasteiger partial charge in [-0.1, -0.05) is 49.4 Å². The number of rotatable bonds is 8. The van der Waals surface area contributed by atoms with E-state index in [1.54, 1.807) is 12.1 Å². The van der Waals surface area contributed by atoms with Gasteiger partial charge < -0.3 is 15.4 Å². The number of hydrogen-bond acceptors (Lipinski definition) is 4. The average Bonchev–Trinajstić information content (AvgIpc) is 2.67. The van der Waals surface area contributed by atoms with E-state index < -0.39 is 18.0 Å². The zero-order valence-corrected chi connectivity index (χ0v) is 15.5. The molecule has 27 heavy (non-hydrogen) atoms. The second-order valence-corrected chi connectivity index (χ2v) is 6.11. The number of carbonyl (C=O) groups is 3. The Morgan fingerprint density at radius 2 is 1.63 bits per heavy atom. The lowest BCUT2D eigenvalue weighted by atomic mass is 10.1. The van der Waals surface area contributed by atoms with Gasteiger partial charge in [0.05, 0.1) is 6.42 Å². The lowest BCUT2D eigenvalue weighted by Crippen LogP contribution is -2.36. The van der Waals surface area contributed by atoms with Crippen LogP contribution in [0.2, 0.25) is 0 Å². The maximum absolute atomic E-state index is 12.1. The summed E-state index contributed by atoms with van der Waals surface area (Å²) in [6.45, 7) is 3.25. The van der Waals surface area contributed by atoms with E-state index >= 15 is 0 Å². The molecule has 2 aromatic rings. The molecular formula is C21H24N2O4. The van der Waals surface area contributed by atoms with Crippen LogP contribution in [0, 0.1) is 0 Å². The van der Waals surface area contributed by atoms with E-state index in [2.05, 4.69) is 10.6 Å². The third kappa shape index (κ3) is 6.93. The van der Waals surface area contributed by atoms with E-state index in [9.17, 15) is 14.4 Å². The van der Waals surface area contributed by atoms with Crippen LogP contribution in [0.5, 0.6) is 0 Å². The zero-order chi connectivity index (χ0) is 19.6. The van der Waals surface area contributed by atoms with Crippen LogP contribution < -0.4 is 10.6 Å². The zero-order valence-electron chi connectivity index (χ0n) is 15.5. The lowest BCUT2D eigenvalue weighted by Gasteiger charge is -2.14. The maximum Gasteiger partial charge on any atom is 0.326 e. The summed E-state index contributed by atoms with van der Waals surface area (Å²) in [4.78, 5) is 35.8. The van der Waals surface area contributed by atoms with Gasteiger partial charge in [-0.15, -0.1) is 0 Å². The largest absolute Gasteiger partial charge is 0.451 e. The quantitative estimate of drug-likeness (QED) is 0.701. The minimum absolute atomic E-state index is 0.178. The molecule has 6 nitrogen and oxygen atoms in total. The Bertz CT molecular complexity index is 773. The Hall–Kier alpha value is -3.15. The highest BCUT2D eigenvalue weighted by Gasteiger charge is 2.18. The van der Waals surface area contributed by atoms with Crippen LogP contribution in [0.1, 0.15) is 25.0 Å². The number of carbonyl (C=O) groups excluding carboxylic acids is 3. The first-order valence-electron chi connectivity index (χ1n) is 8.88. The second-order valence-electron chi connectivity index (χ2n) is 6.11. The highest BCUT2D eigenvalue weighted by molar-refractivity contribution is 5.95. The summed E-state index contributed by atoms with van der Waals surface area (Å²) in [5.74, 6) is -1.38. The number of benzene rings is 2. The fourth-order valence-electron chi connectivity index (χ4n) is 2.37. The number of esters is 1. The molecule has 2 aromatic carbocycles. The molecule has 6 heteroatoms. The maximum atomic E-state index is 12.1. The molecule has 2 amide bonds. The number of aryl methyl sites for hydroxylation is 1. The predicted octanol–water partition coefficient (Wildman–Crippen LogP) is 2.48. The monoisotopic (exact) mass is 368 g/mol. The summed E-state index contributed by atoms with van der Waals surface area (Å²) in [6.07, 6.45) is 0.130. The van der Waals surface area contributed by atoms with Crippen molar-refractivity contribution in [1.82, 2.24) is 5.32 Å². The Kier molecular flexibility index (Phi) is 7.55. The second kappa shape index (κ2) is 10.1. The minimum Gasteiger partial charge on any atom is -0.451 e. The summed E-state index contributed by atoms with van der Waals surface area (Å²) in [7, 11) is 0. The van der Waals surface area contributed by atoms with Gasteiger partial charge in [0, 0.05) is 5.69 Å². The number of nitrogens with one attached hydrogen (secondary N) is 2. The SMILES string of the molecule is CCc1ccc(NC(=O)C(C)OC(=O)CNC(=O)Cc2ccccc2)cc1. The molecule has 0 spiro atoms. The van der Waals surface area contributed by atoms with Crippen molar-refractivity contribution in [2.45, 2.75) is 32.8 Å². The predicted molar refractivity (Wildman–Crippen MR) is 103 cm³/mol. The number of ether oxygens (including phenoxy) is 1. The summed E-state index contributed by atoms with van der Waals surface area (Å²) >= 11 is 0. The van der Waals surface area contributed by atoms with Crippen LogP contribution in [-0.2, 0) is 32.0 Å². The molecule has 0 bridgehead atoms. The normalized spacial score (nSPS) is 11.3. The van der Waals surface area contributed by atoms with E-state index in [0.717, 1.165) is 12.0 Å². The molecule has 1 unspecified atom stereocenters. The fraction of sp³-hybridized carbons (Fsp3) is 0.286. The summed E-state index contributed by atoms with van der Waals surface area (Å²) < 4.78 is 5.06. The molecule has 2 rings (SSSR count). The van der Waals surface area contributed by atoms with Gasteiger partial charge in [-0.25, -0.2) is 0 Å². The summed E-state index contributed by atoms with van der Waals surface area (Å²) in [5, 5.41) is 5.18. The Balaban J connectivity index is 1.73. The van der Waals surface area contributed by atoms with Crippen LogP contribution >= 0.6 is 0 Å². The molecule has 0 radical (unpaired) electrons. The molecule has 1 atom stereocenters. The van der Waals surface area contributed by atoms with E-state index in [-0.39, 0.29) is 18.9 Å². The standard InChI is InChI=1S/C21H24N2O4/c1-3-16-9-11-18(12-10-16)23-21(26)15(2)27-20(25)14-22-19(24)13-17-7-5-4-6-8-17/h4-12,15H,3,13-14H2,1-2H3,(H,22,24)(H,23,26). The van der Waals surface area contributed by atoms with E-state index in [1.165, 1.54) is 12.5 Å². The molecule has 142 valence electrons. The molecule has 0 aliphatic rings. The topological polar surface area (TPSA) is 84.5 Å². The molecule has 0 aliphatic heterocycles. The first-order valence-corrected chi connectivity index (χ1v) is 8.88. The van der Waals surface area contributed by atoms with Crippen LogP contribution in [0.15, 0.2) is 54.6 Å². The smallest absolute Gasteiger partial charge is 0.326 e. The van der Waals surface area contributed by atoms with Crippen molar-refractivity contribution in [3.63, 3.8) is 0 Å². The molecule has 0 fully saturated rings. The summed E-state index contributed by atoms with van der Waals surface area (Å²) in [5.41, 5.74) is 2.65. The minimum atomic E-state index is -0.964. The lowest BCUT2D eigenvalue weighted by molar-refractivity contribution is -0.152. The molecule has 0 saturated carbocycles. The molecule has 0 aliphatic carbocycles. The van der Waals surface area contributed by atoms with Gasteiger partial charge in [-0.2, -0.15) is 0 Å². The third-order valence-electron chi connectivity index (χ3n) is 3.94. The van der Waals surface area contributed by atoms with Gasteiger partial charge in [0.1, 0.15) is 6.54 Å². The highest BCUT2D eigenvalue weighted by Crippen LogP contribution is 2.10. The first-order chi connectivity index (χ1) is 13.0. The van der Waals surface area contributed by atoms with Crippen molar-refractivity contribution >= 4 is 23.5 Å². The van der Waals surface area contributed by atoms with Crippen molar-refractivity contribution < 1.29 is 19.1 Å². The molecule has 0 heterocycles. The first kappa shape index (κ1) is 20.2. The van der Waals surface area contributed by atoms with E-state index in [0.29, 0.717) is 5.69 Å². The van der Waals surface area contributed by atoms with Crippen molar-refractivity contribution in [3.8, 4) is 0 Å². The van der Waals surface area contributed by atoms with E-state index in [1.807, 2.05) is 49.4 Å². The van der Waals surface area contributed by atoms with Crippen LogP contribution in [0.4, 0.5) is 5.69 Å². The van der Waals surface area contributed by atoms with Gasteiger partial charge in [0.25, 0.3) is 5.91 Å². The average molecular weight is 368 g/mol. The number of amides is 2. The van der Waals surface area contributed by atoms with Crippen LogP contribution in [-0.4, -0.2) is 30.4 Å². The molecule has 0 aromatic heterocycles. The van der Waals surface area contributed by atoms with E-state index in [4.69, 9.17) is 4.74 Å². The van der Waals surface area contributed by atoms with Crippen LogP contribution in [0.25, 0.3) is 0 Å². The Labute approximate surface area is 158 Å². The number of hydrogen-bond donors (Lipinski definition) is 2. The molecule has 0 saturated heterocycles.